The van der Waals surface area contributed by atoms with Gasteiger partial charge in [0.15, 0.2) is 11.0 Å². The normalized spacial score (nSPS) is 15.0. The van der Waals surface area contributed by atoms with Gasteiger partial charge in [0, 0.05) is 7.05 Å². The average Bonchev–Trinajstić information content (AvgIpc) is 3.32. The fourth-order valence-electron chi connectivity index (χ4n) is 3.09. The minimum Gasteiger partial charge on any atom is -0.497 e. The zero-order valence-corrected chi connectivity index (χ0v) is 16.8. The van der Waals surface area contributed by atoms with Crippen LogP contribution in [0.4, 0.5) is 0 Å². The summed E-state index contributed by atoms with van der Waals surface area (Å²) in [7, 11) is 3.45. The Morgan fingerprint density at radius 1 is 1.29 bits per heavy atom. The first kappa shape index (κ1) is 20.0. The lowest BCUT2D eigenvalue weighted by atomic mass is 10.0. The lowest BCUT2D eigenvalue weighted by Gasteiger charge is -2.21. The molecule has 1 amide bonds. The quantitative estimate of drug-likeness (QED) is 0.678. The second-order valence-electron chi connectivity index (χ2n) is 6.66. The first-order valence-electron chi connectivity index (χ1n) is 9.05. The number of nitriles is 1. The Hall–Kier alpha value is -2.73. The molecule has 8 nitrogen and oxygen atoms in total. The lowest BCUT2D eigenvalue weighted by Crippen LogP contribution is -2.45. The van der Waals surface area contributed by atoms with Crippen LogP contribution in [0.3, 0.4) is 0 Å². The van der Waals surface area contributed by atoms with Gasteiger partial charge in [-0.05, 0) is 49.9 Å². The van der Waals surface area contributed by atoms with Gasteiger partial charge in [-0.25, -0.2) is 0 Å². The van der Waals surface area contributed by atoms with E-state index >= 15 is 0 Å². The maximum absolute atomic E-state index is 12.2. The van der Waals surface area contributed by atoms with Crippen molar-refractivity contribution in [2.75, 3.05) is 12.9 Å². The maximum atomic E-state index is 12.2. The van der Waals surface area contributed by atoms with Crippen molar-refractivity contribution in [1.82, 2.24) is 20.1 Å². The number of benzene rings is 1. The predicted molar refractivity (Wildman–Crippen MR) is 104 cm³/mol. The van der Waals surface area contributed by atoms with Crippen LogP contribution in [0.1, 0.15) is 31.5 Å². The Bertz CT molecular complexity index is 853. The van der Waals surface area contributed by atoms with Gasteiger partial charge in [0.2, 0.25) is 5.91 Å². The molecule has 1 fully saturated rings. The van der Waals surface area contributed by atoms with Crippen LogP contribution in [0.2, 0.25) is 0 Å². The number of nitrogens with zero attached hydrogens (tertiary/aromatic N) is 4. The fourth-order valence-corrected chi connectivity index (χ4v) is 3.82. The molecule has 1 aromatic heterocycles. The summed E-state index contributed by atoms with van der Waals surface area (Å²) >= 11 is 1.29. The van der Waals surface area contributed by atoms with Crippen molar-refractivity contribution in [1.29, 1.82) is 5.26 Å². The highest BCUT2D eigenvalue weighted by Crippen LogP contribution is 2.29. The van der Waals surface area contributed by atoms with Crippen molar-refractivity contribution < 1.29 is 14.3 Å². The van der Waals surface area contributed by atoms with E-state index in [1.165, 1.54) is 11.8 Å². The average molecular weight is 401 g/mol. The number of carbonyl (C=O) groups excluding carboxylic acids is 1. The molecule has 1 aliphatic carbocycles. The number of hydrogen-bond donors (Lipinski definition) is 1. The second kappa shape index (κ2) is 8.97. The number of aromatic nitrogens is 3. The number of ether oxygens (including phenoxy) is 2. The molecule has 1 aliphatic rings. The van der Waals surface area contributed by atoms with Gasteiger partial charge in [0.1, 0.15) is 23.6 Å². The standard InChI is InChI=1S/C19H23N5O3S/c1-24-16(11-27-15-7-5-14(26-2)6-8-15)22-23-18(24)28-12-17(25)21-19(13-20)9-3-4-10-19/h5-8H,3-4,9-12H2,1-2H3,(H,21,25). The van der Waals surface area contributed by atoms with E-state index in [0.29, 0.717) is 16.7 Å². The Kier molecular flexibility index (Phi) is 6.41. The van der Waals surface area contributed by atoms with Gasteiger partial charge in [-0.1, -0.05) is 11.8 Å². The minimum atomic E-state index is -0.700. The zero-order chi connectivity index (χ0) is 20.0. The number of thioether (sulfide) groups is 1. The van der Waals surface area contributed by atoms with E-state index in [0.717, 1.165) is 31.4 Å². The van der Waals surface area contributed by atoms with E-state index in [1.54, 1.807) is 11.7 Å². The molecule has 1 aromatic carbocycles. The van der Waals surface area contributed by atoms with E-state index in [4.69, 9.17) is 9.47 Å². The molecular weight excluding hydrogens is 378 g/mol. The van der Waals surface area contributed by atoms with Crippen molar-refractivity contribution in [2.45, 2.75) is 43.0 Å². The summed E-state index contributed by atoms with van der Waals surface area (Å²) in [5.74, 6) is 2.15. The molecule has 1 heterocycles. The third-order valence-corrected chi connectivity index (χ3v) is 5.75. The van der Waals surface area contributed by atoms with Crippen LogP contribution in [0.15, 0.2) is 29.4 Å². The molecule has 0 saturated heterocycles. The first-order valence-corrected chi connectivity index (χ1v) is 10.0. The van der Waals surface area contributed by atoms with E-state index in [1.807, 2.05) is 31.3 Å². The minimum absolute atomic E-state index is 0.160. The van der Waals surface area contributed by atoms with Crippen molar-refractivity contribution in [3.63, 3.8) is 0 Å². The van der Waals surface area contributed by atoms with E-state index < -0.39 is 5.54 Å². The van der Waals surface area contributed by atoms with Crippen molar-refractivity contribution in [2.24, 2.45) is 7.05 Å². The molecule has 2 aromatic rings. The number of carbonyl (C=O) groups is 1. The van der Waals surface area contributed by atoms with Crippen LogP contribution in [-0.4, -0.2) is 39.1 Å². The van der Waals surface area contributed by atoms with Crippen LogP contribution in [0, 0.1) is 11.3 Å². The van der Waals surface area contributed by atoms with Gasteiger partial charge in [-0.2, -0.15) is 5.26 Å². The molecule has 0 atom stereocenters. The summed E-state index contributed by atoms with van der Waals surface area (Å²) in [6, 6.07) is 9.56. The molecule has 0 spiro atoms. The summed E-state index contributed by atoms with van der Waals surface area (Å²) in [5, 5.41) is 21.1. The molecule has 3 rings (SSSR count). The number of rotatable bonds is 8. The third kappa shape index (κ3) is 4.75. The van der Waals surface area contributed by atoms with Crippen LogP contribution < -0.4 is 14.8 Å². The topological polar surface area (TPSA) is 102 Å². The van der Waals surface area contributed by atoms with Gasteiger partial charge < -0.3 is 19.4 Å². The summed E-state index contributed by atoms with van der Waals surface area (Å²) in [6.45, 7) is 0.264. The van der Waals surface area contributed by atoms with Gasteiger partial charge in [0.05, 0.1) is 18.9 Å². The first-order chi connectivity index (χ1) is 13.5. The fraction of sp³-hybridized carbons (Fsp3) is 0.474. The van der Waals surface area contributed by atoms with Crippen LogP contribution in [0.5, 0.6) is 11.5 Å². The Balaban J connectivity index is 1.51. The van der Waals surface area contributed by atoms with Crippen LogP contribution in [0.25, 0.3) is 0 Å². The molecule has 1 N–H and O–H groups in total. The lowest BCUT2D eigenvalue weighted by molar-refractivity contribution is -0.119. The number of hydrogen-bond acceptors (Lipinski definition) is 7. The summed E-state index contributed by atoms with van der Waals surface area (Å²) in [5.41, 5.74) is -0.700. The number of amides is 1. The zero-order valence-electron chi connectivity index (χ0n) is 16.0. The molecule has 0 unspecified atom stereocenters. The summed E-state index contributed by atoms with van der Waals surface area (Å²) in [6.07, 6.45) is 3.39. The SMILES string of the molecule is COc1ccc(OCc2nnc(SCC(=O)NC3(C#N)CCCC3)n2C)cc1. The largest absolute Gasteiger partial charge is 0.497 e. The predicted octanol–water partition coefficient (Wildman–Crippen LogP) is 2.45. The highest BCUT2D eigenvalue weighted by Gasteiger charge is 2.35. The van der Waals surface area contributed by atoms with Gasteiger partial charge >= 0.3 is 0 Å². The molecule has 1 saturated carbocycles. The molecule has 9 heteroatoms. The van der Waals surface area contributed by atoms with Crippen LogP contribution in [-0.2, 0) is 18.4 Å². The summed E-state index contributed by atoms with van der Waals surface area (Å²) in [4.78, 5) is 12.2. The number of nitrogens with one attached hydrogen (secondary N) is 1. The maximum Gasteiger partial charge on any atom is 0.231 e. The van der Waals surface area contributed by atoms with Crippen molar-refractivity contribution in [3.8, 4) is 17.6 Å². The van der Waals surface area contributed by atoms with Gasteiger partial charge in [-0.3, -0.25) is 4.79 Å². The molecule has 0 bridgehead atoms. The highest BCUT2D eigenvalue weighted by molar-refractivity contribution is 7.99. The summed E-state index contributed by atoms with van der Waals surface area (Å²) < 4.78 is 12.6. The number of methoxy groups -OCH3 is 1. The van der Waals surface area contributed by atoms with Crippen molar-refractivity contribution in [3.05, 3.63) is 30.1 Å². The molecule has 28 heavy (non-hydrogen) atoms. The van der Waals surface area contributed by atoms with Crippen molar-refractivity contribution >= 4 is 17.7 Å². The van der Waals surface area contributed by atoms with Gasteiger partial charge in [0.25, 0.3) is 0 Å². The Morgan fingerprint density at radius 3 is 2.61 bits per heavy atom. The van der Waals surface area contributed by atoms with Crippen LogP contribution >= 0.6 is 11.8 Å². The highest BCUT2D eigenvalue weighted by atomic mass is 32.2. The van der Waals surface area contributed by atoms with E-state index in [9.17, 15) is 10.1 Å². The Labute approximate surface area is 168 Å². The smallest absolute Gasteiger partial charge is 0.231 e. The van der Waals surface area contributed by atoms with E-state index in [2.05, 4.69) is 21.6 Å². The third-order valence-electron chi connectivity index (χ3n) is 4.73. The van der Waals surface area contributed by atoms with E-state index in [-0.39, 0.29) is 18.3 Å². The second-order valence-corrected chi connectivity index (χ2v) is 7.60. The Morgan fingerprint density at radius 2 is 1.96 bits per heavy atom. The monoisotopic (exact) mass is 401 g/mol. The molecular formula is C19H23N5O3S. The molecule has 148 valence electrons. The molecule has 0 aliphatic heterocycles. The molecule has 0 radical (unpaired) electrons. The van der Waals surface area contributed by atoms with Gasteiger partial charge in [-0.15, -0.1) is 10.2 Å².